The number of sulfonamides is 1. The van der Waals surface area contributed by atoms with E-state index < -0.39 is 16.1 Å². The van der Waals surface area contributed by atoms with Crippen LogP contribution in [0.5, 0.6) is 0 Å². The number of rotatable bonds is 5. The van der Waals surface area contributed by atoms with Gasteiger partial charge in [-0.1, -0.05) is 0 Å². The first-order chi connectivity index (χ1) is 7.83. The highest BCUT2D eigenvalue weighted by Gasteiger charge is 2.19. The number of nitrogens with one attached hydrogen (secondary N) is 1. The molecule has 0 unspecified atom stereocenters. The summed E-state index contributed by atoms with van der Waals surface area (Å²) in [5, 5.41) is 3.70. The van der Waals surface area contributed by atoms with Gasteiger partial charge in [-0.2, -0.15) is 5.10 Å². The molecule has 0 saturated heterocycles. The molecule has 0 saturated carbocycles. The number of nitrogens with two attached hydrogens (primary N) is 2. The number of hydrogen-bond donors (Lipinski definition) is 3. The van der Waals surface area contributed by atoms with E-state index in [9.17, 15) is 13.2 Å². The first kappa shape index (κ1) is 13.3. The van der Waals surface area contributed by atoms with E-state index in [0.717, 1.165) is 0 Å². The lowest BCUT2D eigenvalue weighted by Gasteiger charge is -2.05. The number of amides is 1. The molecule has 1 amide bonds. The molecule has 1 aromatic heterocycles. The topological polar surface area (TPSA) is 142 Å². The van der Waals surface area contributed by atoms with Gasteiger partial charge in [0, 0.05) is 19.8 Å². The van der Waals surface area contributed by atoms with E-state index in [1.54, 1.807) is 7.05 Å². The SMILES string of the molecule is Cn1cc(S(=O)(=O)NCCOC(N)=O)c(N)n1. The molecular formula is C7H13N5O4S. The summed E-state index contributed by atoms with van der Waals surface area (Å²) >= 11 is 0. The minimum atomic E-state index is -3.76. The van der Waals surface area contributed by atoms with Crippen LogP contribution in [0.1, 0.15) is 0 Å². The summed E-state index contributed by atoms with van der Waals surface area (Å²) in [5.74, 6) is -0.101. The van der Waals surface area contributed by atoms with Gasteiger partial charge in [0.25, 0.3) is 0 Å². The maximum Gasteiger partial charge on any atom is 0.404 e. The summed E-state index contributed by atoms with van der Waals surface area (Å²) in [6.07, 6.45) is 0.303. The first-order valence-electron chi connectivity index (χ1n) is 4.54. The Labute approximate surface area is 97.8 Å². The predicted molar refractivity (Wildman–Crippen MR) is 58.3 cm³/mol. The summed E-state index contributed by atoms with van der Waals surface area (Å²) in [6.45, 7) is -0.256. The monoisotopic (exact) mass is 263 g/mol. The Balaban J connectivity index is 2.63. The molecule has 0 fully saturated rings. The Hall–Kier alpha value is -1.81. The van der Waals surface area contributed by atoms with Gasteiger partial charge in [0.1, 0.15) is 11.5 Å². The van der Waals surface area contributed by atoms with Gasteiger partial charge in [0.15, 0.2) is 5.82 Å². The van der Waals surface area contributed by atoms with Crippen molar-refractivity contribution in [2.24, 2.45) is 12.8 Å². The van der Waals surface area contributed by atoms with E-state index in [-0.39, 0.29) is 23.9 Å². The quantitative estimate of drug-likeness (QED) is 0.545. The maximum atomic E-state index is 11.7. The summed E-state index contributed by atoms with van der Waals surface area (Å²) < 4.78 is 31.2. The molecule has 1 heterocycles. The molecular weight excluding hydrogens is 250 g/mol. The summed E-state index contributed by atoms with van der Waals surface area (Å²) in [6, 6.07) is 0. The Kier molecular flexibility index (Phi) is 3.91. The zero-order chi connectivity index (χ0) is 13.1. The molecule has 0 bridgehead atoms. The van der Waals surface area contributed by atoms with Crippen molar-refractivity contribution in [2.75, 3.05) is 18.9 Å². The van der Waals surface area contributed by atoms with Crippen molar-refractivity contribution in [3.05, 3.63) is 6.20 Å². The van der Waals surface area contributed by atoms with Crippen molar-refractivity contribution in [2.45, 2.75) is 4.90 Å². The molecule has 10 heteroatoms. The van der Waals surface area contributed by atoms with Crippen molar-refractivity contribution in [1.29, 1.82) is 0 Å². The van der Waals surface area contributed by atoms with Gasteiger partial charge in [-0.25, -0.2) is 17.9 Å². The van der Waals surface area contributed by atoms with Crippen LogP contribution in [0.15, 0.2) is 11.1 Å². The van der Waals surface area contributed by atoms with Crippen LogP contribution in [0.2, 0.25) is 0 Å². The van der Waals surface area contributed by atoms with Crippen LogP contribution in [0.4, 0.5) is 10.6 Å². The van der Waals surface area contributed by atoms with Crippen molar-refractivity contribution < 1.29 is 17.9 Å². The van der Waals surface area contributed by atoms with Crippen LogP contribution in [0.3, 0.4) is 0 Å². The number of nitrogens with zero attached hydrogens (tertiary/aromatic N) is 2. The number of ether oxygens (including phenoxy) is 1. The number of carbonyl (C=O) groups is 1. The highest BCUT2D eigenvalue weighted by Crippen LogP contribution is 2.14. The third-order valence-electron chi connectivity index (χ3n) is 1.75. The molecule has 0 aliphatic heterocycles. The third kappa shape index (κ3) is 3.60. The molecule has 96 valence electrons. The standard InChI is InChI=1S/C7H13N5O4S/c1-12-4-5(6(8)11-12)17(14,15)10-2-3-16-7(9)13/h4,10H,2-3H2,1H3,(H2,8,11)(H2,9,13). The second-order valence-electron chi connectivity index (χ2n) is 3.12. The molecule has 0 radical (unpaired) electrons. The number of aromatic nitrogens is 2. The van der Waals surface area contributed by atoms with Crippen molar-refractivity contribution in [3.63, 3.8) is 0 Å². The van der Waals surface area contributed by atoms with Crippen LogP contribution >= 0.6 is 0 Å². The Morgan fingerprint density at radius 3 is 2.76 bits per heavy atom. The average Bonchev–Trinajstić information content (AvgIpc) is 2.53. The minimum Gasteiger partial charge on any atom is -0.448 e. The van der Waals surface area contributed by atoms with Crippen molar-refractivity contribution in [3.8, 4) is 0 Å². The van der Waals surface area contributed by atoms with Crippen molar-refractivity contribution >= 4 is 21.9 Å². The molecule has 17 heavy (non-hydrogen) atoms. The van der Waals surface area contributed by atoms with Crippen LogP contribution in [0, 0.1) is 0 Å². The van der Waals surface area contributed by atoms with E-state index >= 15 is 0 Å². The molecule has 0 aliphatic rings. The molecule has 9 nitrogen and oxygen atoms in total. The highest BCUT2D eigenvalue weighted by atomic mass is 32.2. The van der Waals surface area contributed by atoms with Gasteiger partial charge in [-0.3, -0.25) is 4.68 Å². The van der Waals surface area contributed by atoms with E-state index in [4.69, 9.17) is 11.5 Å². The third-order valence-corrected chi connectivity index (χ3v) is 3.23. The lowest BCUT2D eigenvalue weighted by Crippen LogP contribution is -2.29. The summed E-state index contributed by atoms with van der Waals surface area (Å²) in [7, 11) is -2.21. The molecule has 1 aromatic rings. The largest absolute Gasteiger partial charge is 0.448 e. The lowest BCUT2D eigenvalue weighted by atomic mass is 10.7. The second-order valence-corrected chi connectivity index (χ2v) is 4.85. The molecule has 0 aromatic carbocycles. The maximum absolute atomic E-state index is 11.7. The summed E-state index contributed by atoms with van der Waals surface area (Å²) in [5.41, 5.74) is 10.1. The fraction of sp³-hybridized carbons (Fsp3) is 0.429. The lowest BCUT2D eigenvalue weighted by molar-refractivity contribution is 0.159. The van der Waals surface area contributed by atoms with Gasteiger partial charge in [0.2, 0.25) is 10.0 Å². The van der Waals surface area contributed by atoms with Crippen LogP contribution in [-0.4, -0.2) is 37.4 Å². The van der Waals surface area contributed by atoms with Gasteiger partial charge in [-0.15, -0.1) is 0 Å². The van der Waals surface area contributed by atoms with Crippen molar-refractivity contribution in [1.82, 2.24) is 14.5 Å². The van der Waals surface area contributed by atoms with Gasteiger partial charge >= 0.3 is 6.09 Å². The van der Waals surface area contributed by atoms with Gasteiger partial charge in [-0.05, 0) is 0 Å². The average molecular weight is 263 g/mol. The Bertz CT molecular complexity index is 508. The van der Waals surface area contributed by atoms with Gasteiger partial charge < -0.3 is 16.2 Å². The fourth-order valence-electron chi connectivity index (χ4n) is 1.10. The number of nitrogen functional groups attached to an aromatic ring is 1. The molecule has 0 aliphatic carbocycles. The second kappa shape index (κ2) is 5.01. The molecule has 0 spiro atoms. The molecule has 1 rings (SSSR count). The highest BCUT2D eigenvalue weighted by molar-refractivity contribution is 7.89. The number of carbonyl (C=O) groups excluding carboxylic acids is 1. The number of aryl methyl sites for hydroxylation is 1. The molecule has 5 N–H and O–H groups in total. The van der Waals surface area contributed by atoms with Crippen LogP contribution in [0.25, 0.3) is 0 Å². The smallest absolute Gasteiger partial charge is 0.404 e. The zero-order valence-corrected chi connectivity index (χ0v) is 9.90. The van der Waals surface area contributed by atoms with E-state index in [2.05, 4.69) is 14.6 Å². The number of hydrogen-bond acceptors (Lipinski definition) is 6. The summed E-state index contributed by atoms with van der Waals surface area (Å²) in [4.78, 5) is 10.1. The number of anilines is 1. The normalized spacial score (nSPS) is 11.4. The van der Waals surface area contributed by atoms with Crippen LogP contribution < -0.4 is 16.2 Å². The predicted octanol–water partition coefficient (Wildman–Crippen LogP) is -1.62. The first-order valence-corrected chi connectivity index (χ1v) is 6.02. The van der Waals surface area contributed by atoms with E-state index in [1.807, 2.05) is 0 Å². The number of primary amides is 1. The van der Waals surface area contributed by atoms with E-state index in [1.165, 1.54) is 10.9 Å². The Morgan fingerprint density at radius 1 is 1.65 bits per heavy atom. The minimum absolute atomic E-state index is 0.0976. The van der Waals surface area contributed by atoms with E-state index in [0.29, 0.717) is 0 Å². The molecule has 0 atom stereocenters. The Morgan fingerprint density at radius 2 is 2.29 bits per heavy atom. The van der Waals surface area contributed by atoms with Gasteiger partial charge in [0.05, 0.1) is 0 Å². The zero-order valence-electron chi connectivity index (χ0n) is 9.08. The van der Waals surface area contributed by atoms with Crippen LogP contribution in [-0.2, 0) is 21.8 Å². The fourth-order valence-corrected chi connectivity index (χ4v) is 2.21.